The summed E-state index contributed by atoms with van der Waals surface area (Å²) < 4.78 is 5.57. The predicted octanol–water partition coefficient (Wildman–Crippen LogP) is 2.02. The van der Waals surface area contributed by atoms with Crippen molar-refractivity contribution in [3.63, 3.8) is 0 Å². The third kappa shape index (κ3) is 1.75. The fraction of sp³-hybridized carbons (Fsp3) is 0.538. The number of furan rings is 1. The van der Waals surface area contributed by atoms with Crippen LogP contribution in [-0.2, 0) is 0 Å². The maximum atomic E-state index is 9.32. The van der Waals surface area contributed by atoms with E-state index in [1.54, 1.807) is 0 Å². The summed E-state index contributed by atoms with van der Waals surface area (Å²) in [7, 11) is 0. The zero-order valence-corrected chi connectivity index (χ0v) is 10.7. The van der Waals surface area contributed by atoms with Crippen LogP contribution in [0.15, 0.2) is 10.7 Å². The second-order valence-electron chi connectivity index (χ2n) is 5.20. The van der Waals surface area contributed by atoms with Gasteiger partial charge in [0.25, 0.3) is 0 Å². The van der Waals surface area contributed by atoms with Crippen LogP contribution in [0.2, 0.25) is 0 Å². The first-order valence-corrected chi connectivity index (χ1v) is 6.21. The predicted molar refractivity (Wildman–Crippen MR) is 68.5 cm³/mol. The van der Waals surface area contributed by atoms with Crippen LogP contribution >= 0.6 is 0 Å². The van der Waals surface area contributed by atoms with E-state index in [4.69, 9.17) is 4.42 Å². The summed E-state index contributed by atoms with van der Waals surface area (Å²) in [6.45, 7) is 4.92. The zero-order chi connectivity index (χ0) is 12.8. The van der Waals surface area contributed by atoms with Crippen LogP contribution in [0.5, 0.6) is 0 Å². The maximum Gasteiger partial charge on any atom is 0.231 e. The average Bonchev–Trinajstić information content (AvgIpc) is 3.10. The van der Waals surface area contributed by atoms with Crippen molar-refractivity contribution in [2.45, 2.75) is 26.7 Å². The minimum atomic E-state index is 0.0595. The van der Waals surface area contributed by atoms with Crippen molar-refractivity contribution < 1.29 is 9.52 Å². The van der Waals surface area contributed by atoms with E-state index < -0.39 is 0 Å². The van der Waals surface area contributed by atoms with E-state index in [9.17, 15) is 5.11 Å². The number of fused-ring (bicyclic) bond motifs is 1. The summed E-state index contributed by atoms with van der Waals surface area (Å²) in [5, 5.41) is 13.6. The maximum absolute atomic E-state index is 9.32. The molecular weight excluding hydrogens is 230 g/mol. The molecule has 1 aliphatic rings. The Morgan fingerprint density at radius 3 is 2.83 bits per heavy atom. The molecule has 2 heterocycles. The lowest BCUT2D eigenvalue weighted by Gasteiger charge is -2.13. The van der Waals surface area contributed by atoms with E-state index in [-0.39, 0.29) is 12.0 Å². The second-order valence-corrected chi connectivity index (χ2v) is 5.20. The molecule has 0 spiro atoms. The van der Waals surface area contributed by atoms with Crippen LogP contribution in [-0.4, -0.2) is 28.2 Å². The lowest BCUT2D eigenvalue weighted by Crippen LogP contribution is -2.19. The lowest BCUT2D eigenvalue weighted by molar-refractivity contribution is 0.219. The van der Waals surface area contributed by atoms with Crippen LogP contribution < -0.4 is 5.32 Å². The molecule has 5 nitrogen and oxygen atoms in total. The molecule has 1 fully saturated rings. The van der Waals surface area contributed by atoms with Gasteiger partial charge in [0, 0.05) is 17.5 Å². The molecule has 0 saturated heterocycles. The molecule has 0 amide bonds. The Bertz CT molecular complexity index is 587. The molecule has 96 valence electrons. The van der Waals surface area contributed by atoms with Crippen LogP contribution in [0.4, 0.5) is 5.82 Å². The summed E-state index contributed by atoms with van der Waals surface area (Å²) >= 11 is 0. The molecule has 1 saturated carbocycles. The average molecular weight is 247 g/mol. The molecule has 5 heteroatoms. The highest BCUT2D eigenvalue weighted by molar-refractivity contribution is 5.89. The molecule has 3 rings (SSSR count). The number of hydrogen-bond donors (Lipinski definition) is 2. The van der Waals surface area contributed by atoms with Crippen LogP contribution in [0.25, 0.3) is 11.1 Å². The van der Waals surface area contributed by atoms with Gasteiger partial charge in [-0.25, -0.2) is 9.97 Å². The standard InChI is InChI=1S/C13H17N3O2/c1-8-9(2)18-12-10(8)11(15-7-16-12)14-5-13(6-17)3-4-13/h7,17H,3-6H2,1-2H3,(H,14,15,16). The van der Waals surface area contributed by atoms with Crippen LogP contribution in [0.3, 0.4) is 0 Å². The van der Waals surface area contributed by atoms with Gasteiger partial charge in [0.15, 0.2) is 0 Å². The topological polar surface area (TPSA) is 71.2 Å². The minimum absolute atomic E-state index is 0.0595. The Morgan fingerprint density at radius 1 is 1.39 bits per heavy atom. The van der Waals surface area contributed by atoms with E-state index in [0.29, 0.717) is 5.71 Å². The van der Waals surface area contributed by atoms with Gasteiger partial charge in [-0.15, -0.1) is 0 Å². The summed E-state index contributed by atoms with van der Waals surface area (Å²) in [5.41, 5.74) is 1.75. The van der Waals surface area contributed by atoms with Gasteiger partial charge >= 0.3 is 0 Å². The van der Waals surface area contributed by atoms with Gasteiger partial charge < -0.3 is 14.8 Å². The van der Waals surface area contributed by atoms with Crippen molar-refractivity contribution in [2.24, 2.45) is 5.41 Å². The SMILES string of the molecule is Cc1oc2ncnc(NCC3(CO)CC3)c2c1C. The normalized spacial score (nSPS) is 17.1. The molecule has 2 aromatic rings. The van der Waals surface area contributed by atoms with Gasteiger partial charge in [0.05, 0.1) is 12.0 Å². The fourth-order valence-electron chi connectivity index (χ4n) is 2.16. The second kappa shape index (κ2) is 3.95. The summed E-state index contributed by atoms with van der Waals surface area (Å²) in [6, 6.07) is 0. The molecule has 18 heavy (non-hydrogen) atoms. The van der Waals surface area contributed by atoms with Crippen LogP contribution in [0, 0.1) is 19.3 Å². The van der Waals surface area contributed by atoms with E-state index in [1.165, 1.54) is 6.33 Å². The van der Waals surface area contributed by atoms with E-state index in [0.717, 1.165) is 41.9 Å². The van der Waals surface area contributed by atoms with Gasteiger partial charge in [-0.2, -0.15) is 0 Å². The van der Waals surface area contributed by atoms with E-state index in [1.807, 2.05) is 13.8 Å². The molecular formula is C13H17N3O2. The minimum Gasteiger partial charge on any atom is -0.443 e. The highest BCUT2D eigenvalue weighted by atomic mass is 16.3. The first-order valence-electron chi connectivity index (χ1n) is 6.21. The molecule has 0 bridgehead atoms. The van der Waals surface area contributed by atoms with Crippen molar-refractivity contribution in [2.75, 3.05) is 18.5 Å². The third-order valence-electron chi connectivity index (χ3n) is 3.89. The number of anilines is 1. The number of aromatic nitrogens is 2. The fourth-order valence-corrected chi connectivity index (χ4v) is 2.16. The Kier molecular flexibility index (Phi) is 2.52. The van der Waals surface area contributed by atoms with Gasteiger partial charge in [0.1, 0.15) is 17.9 Å². The number of aryl methyl sites for hydroxylation is 2. The van der Waals surface area contributed by atoms with Gasteiger partial charge in [-0.1, -0.05) is 0 Å². The molecule has 0 aromatic carbocycles. The first-order chi connectivity index (χ1) is 8.65. The number of aliphatic hydroxyl groups excluding tert-OH is 1. The highest BCUT2D eigenvalue weighted by Gasteiger charge is 2.41. The number of aliphatic hydroxyl groups is 1. The molecule has 0 atom stereocenters. The quantitative estimate of drug-likeness (QED) is 0.865. The Labute approximate surface area is 105 Å². The lowest BCUT2D eigenvalue weighted by atomic mass is 10.1. The molecule has 2 aromatic heterocycles. The van der Waals surface area contributed by atoms with E-state index >= 15 is 0 Å². The molecule has 2 N–H and O–H groups in total. The monoisotopic (exact) mass is 247 g/mol. The molecule has 0 unspecified atom stereocenters. The van der Waals surface area contributed by atoms with Gasteiger partial charge in [-0.05, 0) is 26.7 Å². The van der Waals surface area contributed by atoms with Crippen LogP contribution in [0.1, 0.15) is 24.2 Å². The number of hydrogen-bond acceptors (Lipinski definition) is 5. The van der Waals surface area contributed by atoms with Crippen molar-refractivity contribution in [3.8, 4) is 0 Å². The van der Waals surface area contributed by atoms with Crippen molar-refractivity contribution in [1.29, 1.82) is 0 Å². The Hall–Kier alpha value is -1.62. The number of nitrogens with one attached hydrogen (secondary N) is 1. The Morgan fingerprint density at radius 2 is 2.17 bits per heavy atom. The highest BCUT2D eigenvalue weighted by Crippen LogP contribution is 2.45. The van der Waals surface area contributed by atoms with Crippen molar-refractivity contribution >= 4 is 16.9 Å². The first kappa shape index (κ1) is 11.5. The van der Waals surface area contributed by atoms with Crippen molar-refractivity contribution in [3.05, 3.63) is 17.7 Å². The molecule has 0 aliphatic heterocycles. The smallest absolute Gasteiger partial charge is 0.231 e. The number of nitrogens with zero attached hydrogens (tertiary/aromatic N) is 2. The number of rotatable bonds is 4. The summed E-state index contributed by atoms with van der Waals surface area (Å²) in [5.74, 6) is 1.67. The van der Waals surface area contributed by atoms with Gasteiger partial charge in [-0.3, -0.25) is 0 Å². The third-order valence-corrected chi connectivity index (χ3v) is 3.89. The van der Waals surface area contributed by atoms with E-state index in [2.05, 4.69) is 15.3 Å². The molecule has 1 aliphatic carbocycles. The van der Waals surface area contributed by atoms with Gasteiger partial charge in [0.2, 0.25) is 5.71 Å². The summed E-state index contributed by atoms with van der Waals surface area (Å²) in [4.78, 5) is 8.42. The Balaban J connectivity index is 1.91. The largest absolute Gasteiger partial charge is 0.443 e. The summed E-state index contributed by atoms with van der Waals surface area (Å²) in [6.07, 6.45) is 3.66. The zero-order valence-electron chi connectivity index (χ0n) is 10.7. The van der Waals surface area contributed by atoms with Crippen molar-refractivity contribution in [1.82, 2.24) is 9.97 Å². The molecule has 0 radical (unpaired) electrons.